The Bertz CT molecular complexity index is 745. The first-order valence-electron chi connectivity index (χ1n) is 7.46. The lowest BCUT2D eigenvalue weighted by Gasteiger charge is -2.36. The van der Waals surface area contributed by atoms with Crippen molar-refractivity contribution in [2.45, 2.75) is 31.5 Å². The van der Waals surface area contributed by atoms with Crippen LogP contribution in [0.2, 0.25) is 0 Å². The Kier molecular flexibility index (Phi) is 4.16. The van der Waals surface area contributed by atoms with Crippen LogP contribution in [0.15, 0.2) is 12.1 Å². The number of rotatable bonds is 3. The molecule has 3 heterocycles. The Morgan fingerprint density at radius 3 is 2.83 bits per heavy atom. The van der Waals surface area contributed by atoms with E-state index in [0.717, 1.165) is 19.3 Å². The number of nitrogens with one attached hydrogen (secondary N) is 1. The topological polar surface area (TPSA) is 101 Å². The maximum atomic E-state index is 13.0. The Morgan fingerprint density at radius 1 is 1.33 bits per heavy atom. The average Bonchev–Trinajstić information content (AvgIpc) is 2.96. The molecule has 3 N–H and O–H groups in total. The molecule has 2 amide bonds. The van der Waals surface area contributed by atoms with Gasteiger partial charge in [0.25, 0.3) is 5.82 Å². The Hall–Kier alpha value is -2.59. The summed E-state index contributed by atoms with van der Waals surface area (Å²) in [5.74, 6) is -0.785. The Labute approximate surface area is 134 Å². The van der Waals surface area contributed by atoms with Gasteiger partial charge in [-0.25, -0.2) is 4.79 Å². The number of anilines is 1. The standard InChI is InChI=1S/C13H16F3N7O/c14-13(15,16)11-20-19-9-4-5-10(21-23(9)11)22-6-2-1-3-8(22)7-18-12(17)24/h4-5,8H,1-3,6-7H2,(H3,17,18,24)/t8-/m0/s1. The third kappa shape index (κ3) is 3.19. The van der Waals surface area contributed by atoms with Crippen LogP contribution < -0.4 is 16.0 Å². The van der Waals surface area contributed by atoms with Gasteiger partial charge >= 0.3 is 12.2 Å². The van der Waals surface area contributed by atoms with Crippen LogP contribution in [0.3, 0.4) is 0 Å². The predicted molar refractivity (Wildman–Crippen MR) is 78.4 cm³/mol. The third-order valence-corrected chi connectivity index (χ3v) is 3.94. The zero-order chi connectivity index (χ0) is 17.3. The second-order valence-corrected chi connectivity index (χ2v) is 5.57. The van der Waals surface area contributed by atoms with E-state index in [2.05, 4.69) is 20.6 Å². The average molecular weight is 343 g/mol. The normalized spacial score (nSPS) is 18.8. The number of amides is 2. The first-order chi connectivity index (χ1) is 11.4. The van der Waals surface area contributed by atoms with E-state index in [1.165, 1.54) is 6.07 Å². The van der Waals surface area contributed by atoms with Crippen molar-refractivity contribution in [2.24, 2.45) is 5.73 Å². The van der Waals surface area contributed by atoms with Crippen LogP contribution >= 0.6 is 0 Å². The third-order valence-electron chi connectivity index (χ3n) is 3.94. The largest absolute Gasteiger partial charge is 0.453 e. The summed E-state index contributed by atoms with van der Waals surface area (Å²) < 4.78 is 39.6. The van der Waals surface area contributed by atoms with Crippen LogP contribution in [-0.2, 0) is 6.18 Å². The number of primary amides is 1. The summed E-state index contributed by atoms with van der Waals surface area (Å²) in [6.45, 7) is 0.941. The molecule has 2 aromatic rings. The molecule has 0 bridgehead atoms. The van der Waals surface area contributed by atoms with Crippen molar-refractivity contribution in [2.75, 3.05) is 18.0 Å². The van der Waals surface area contributed by atoms with Crippen molar-refractivity contribution in [1.29, 1.82) is 0 Å². The van der Waals surface area contributed by atoms with E-state index in [4.69, 9.17) is 5.73 Å². The molecule has 3 rings (SSSR count). The molecule has 24 heavy (non-hydrogen) atoms. The zero-order valence-corrected chi connectivity index (χ0v) is 12.6. The SMILES string of the molecule is NC(=O)NC[C@@H]1CCCCN1c1ccc2nnc(C(F)(F)F)n2n1. The van der Waals surface area contributed by atoms with Crippen LogP contribution in [0.4, 0.5) is 23.8 Å². The number of hydrogen-bond acceptors (Lipinski definition) is 5. The van der Waals surface area contributed by atoms with Gasteiger partial charge in [0, 0.05) is 19.1 Å². The van der Waals surface area contributed by atoms with Gasteiger partial charge in [0.2, 0.25) is 0 Å². The van der Waals surface area contributed by atoms with Gasteiger partial charge in [-0.2, -0.15) is 17.7 Å². The number of nitrogens with zero attached hydrogens (tertiary/aromatic N) is 5. The molecule has 0 aromatic carbocycles. The number of aromatic nitrogens is 4. The first-order valence-corrected chi connectivity index (χ1v) is 7.46. The molecule has 1 atom stereocenters. The zero-order valence-electron chi connectivity index (χ0n) is 12.6. The molecule has 11 heteroatoms. The number of alkyl halides is 3. The highest BCUT2D eigenvalue weighted by Gasteiger charge is 2.38. The molecule has 2 aromatic heterocycles. The van der Waals surface area contributed by atoms with Crippen LogP contribution in [0.5, 0.6) is 0 Å². The number of hydrogen-bond donors (Lipinski definition) is 2. The van der Waals surface area contributed by atoms with E-state index >= 15 is 0 Å². The fraction of sp³-hybridized carbons (Fsp3) is 0.538. The molecular weight excluding hydrogens is 327 g/mol. The molecule has 0 saturated carbocycles. The highest BCUT2D eigenvalue weighted by Crippen LogP contribution is 2.29. The molecule has 8 nitrogen and oxygen atoms in total. The first kappa shape index (κ1) is 16.3. The van der Waals surface area contributed by atoms with Gasteiger partial charge in [0.1, 0.15) is 5.82 Å². The predicted octanol–water partition coefficient (Wildman–Crippen LogP) is 1.17. The fourth-order valence-electron chi connectivity index (χ4n) is 2.84. The van der Waals surface area contributed by atoms with E-state index in [0.29, 0.717) is 23.4 Å². The number of piperidine rings is 1. The van der Waals surface area contributed by atoms with E-state index in [9.17, 15) is 18.0 Å². The van der Waals surface area contributed by atoms with E-state index < -0.39 is 18.0 Å². The van der Waals surface area contributed by atoms with Crippen molar-refractivity contribution in [3.05, 3.63) is 18.0 Å². The molecule has 1 aliphatic heterocycles. The van der Waals surface area contributed by atoms with Gasteiger partial charge in [-0.05, 0) is 31.4 Å². The maximum absolute atomic E-state index is 13.0. The van der Waals surface area contributed by atoms with Crippen molar-refractivity contribution >= 4 is 17.5 Å². The molecule has 0 aliphatic carbocycles. The number of halogens is 3. The van der Waals surface area contributed by atoms with Gasteiger partial charge in [0.05, 0.1) is 0 Å². The van der Waals surface area contributed by atoms with Crippen molar-refractivity contribution in [3.8, 4) is 0 Å². The smallest absolute Gasteiger partial charge is 0.352 e. The highest BCUT2D eigenvalue weighted by molar-refractivity contribution is 5.71. The molecule has 1 saturated heterocycles. The Balaban J connectivity index is 1.93. The van der Waals surface area contributed by atoms with Gasteiger partial charge in [-0.3, -0.25) is 0 Å². The monoisotopic (exact) mass is 343 g/mol. The number of urea groups is 1. The van der Waals surface area contributed by atoms with Gasteiger partial charge in [0.15, 0.2) is 5.65 Å². The summed E-state index contributed by atoms with van der Waals surface area (Å²) in [6, 6.07) is 2.33. The molecule has 1 fully saturated rings. The quantitative estimate of drug-likeness (QED) is 0.871. The van der Waals surface area contributed by atoms with E-state index in [1.807, 2.05) is 4.90 Å². The van der Waals surface area contributed by atoms with Gasteiger partial charge < -0.3 is 16.0 Å². The number of nitrogens with two attached hydrogens (primary N) is 1. The second-order valence-electron chi connectivity index (χ2n) is 5.57. The number of carbonyl (C=O) groups excluding carboxylic acids is 1. The summed E-state index contributed by atoms with van der Waals surface area (Å²) in [5, 5.41) is 13.3. The lowest BCUT2D eigenvalue weighted by Crippen LogP contribution is -2.48. The van der Waals surface area contributed by atoms with E-state index in [-0.39, 0.29) is 11.7 Å². The van der Waals surface area contributed by atoms with Crippen LogP contribution in [0, 0.1) is 0 Å². The van der Waals surface area contributed by atoms with Crippen LogP contribution in [0.1, 0.15) is 25.1 Å². The Morgan fingerprint density at radius 2 is 2.12 bits per heavy atom. The molecule has 1 aliphatic rings. The summed E-state index contributed by atoms with van der Waals surface area (Å²) in [4.78, 5) is 12.8. The van der Waals surface area contributed by atoms with Crippen molar-refractivity contribution in [1.82, 2.24) is 25.1 Å². The van der Waals surface area contributed by atoms with Gasteiger partial charge in [-0.15, -0.1) is 15.3 Å². The lowest BCUT2D eigenvalue weighted by molar-refractivity contribution is -0.146. The summed E-state index contributed by atoms with van der Waals surface area (Å²) >= 11 is 0. The summed E-state index contributed by atoms with van der Waals surface area (Å²) in [5.41, 5.74) is 5.12. The molecule has 0 radical (unpaired) electrons. The molecular formula is C13H16F3N7O. The van der Waals surface area contributed by atoms with E-state index in [1.54, 1.807) is 6.07 Å². The highest BCUT2D eigenvalue weighted by atomic mass is 19.4. The van der Waals surface area contributed by atoms with Crippen molar-refractivity contribution in [3.63, 3.8) is 0 Å². The minimum atomic E-state index is -4.64. The fourth-order valence-corrected chi connectivity index (χ4v) is 2.84. The summed E-state index contributed by atoms with van der Waals surface area (Å²) in [6.07, 6.45) is -2.00. The van der Waals surface area contributed by atoms with Crippen LogP contribution in [-0.4, -0.2) is 45.0 Å². The van der Waals surface area contributed by atoms with Gasteiger partial charge in [-0.1, -0.05) is 0 Å². The minimum Gasteiger partial charge on any atom is -0.352 e. The molecule has 0 spiro atoms. The number of carbonyl (C=O) groups is 1. The lowest BCUT2D eigenvalue weighted by atomic mass is 10.0. The second kappa shape index (κ2) is 6.13. The molecule has 130 valence electrons. The van der Waals surface area contributed by atoms with Crippen LogP contribution in [0.25, 0.3) is 5.65 Å². The van der Waals surface area contributed by atoms with Crippen molar-refractivity contribution < 1.29 is 18.0 Å². The molecule has 0 unspecified atom stereocenters. The minimum absolute atomic E-state index is 0.0231. The maximum Gasteiger partial charge on any atom is 0.453 e. The number of fused-ring (bicyclic) bond motifs is 1. The summed E-state index contributed by atoms with van der Waals surface area (Å²) in [7, 11) is 0.